The maximum Gasteiger partial charge on any atom is 0.223 e. The van der Waals surface area contributed by atoms with E-state index in [1.165, 1.54) is 12.8 Å². The van der Waals surface area contributed by atoms with Gasteiger partial charge in [0.1, 0.15) is 5.76 Å². The summed E-state index contributed by atoms with van der Waals surface area (Å²) < 4.78 is 5.06. The summed E-state index contributed by atoms with van der Waals surface area (Å²) in [5, 5.41) is 3.99. The number of hydrogen-bond acceptors (Lipinski definition) is 4. The first kappa shape index (κ1) is 16.8. The molecular weight excluding hydrogens is 314 g/mol. The molecule has 23 heavy (non-hydrogen) atoms. The molecule has 5 nitrogen and oxygen atoms in total. The normalized spacial score (nSPS) is 30.0. The number of carbonyl (C=O) groups is 1. The van der Waals surface area contributed by atoms with Crippen molar-refractivity contribution < 1.29 is 9.32 Å². The summed E-state index contributed by atoms with van der Waals surface area (Å²) in [5.41, 5.74) is 0. The second-order valence-corrected chi connectivity index (χ2v) is 7.74. The molecule has 2 fully saturated rings. The lowest BCUT2D eigenvalue weighted by molar-refractivity contribution is -0.132. The van der Waals surface area contributed by atoms with E-state index in [1.807, 2.05) is 11.9 Å². The summed E-state index contributed by atoms with van der Waals surface area (Å²) >= 11 is 5.73. The fourth-order valence-electron chi connectivity index (χ4n) is 4.31. The van der Waals surface area contributed by atoms with Crippen LogP contribution in [0.3, 0.4) is 0 Å². The maximum atomic E-state index is 12.4. The number of nitrogens with zero attached hydrogens (tertiary/aromatic N) is 3. The Morgan fingerprint density at radius 3 is 2.35 bits per heavy atom. The molecule has 4 atom stereocenters. The van der Waals surface area contributed by atoms with E-state index in [0.29, 0.717) is 29.8 Å². The van der Waals surface area contributed by atoms with E-state index in [1.54, 1.807) is 6.07 Å². The monoisotopic (exact) mass is 339 g/mol. The number of aryl methyl sites for hydroxylation is 1. The van der Waals surface area contributed by atoms with Gasteiger partial charge in [-0.25, -0.2) is 0 Å². The lowest BCUT2D eigenvalue weighted by atomic mass is 10.0. The second-order valence-electron chi connectivity index (χ2n) is 7.35. The van der Waals surface area contributed by atoms with Crippen molar-refractivity contribution in [2.45, 2.75) is 50.6 Å². The van der Waals surface area contributed by atoms with Crippen molar-refractivity contribution >= 4 is 17.5 Å². The van der Waals surface area contributed by atoms with Gasteiger partial charge in [0.05, 0.1) is 0 Å². The highest BCUT2D eigenvalue weighted by molar-refractivity contribution is 6.29. The quantitative estimate of drug-likeness (QED) is 0.827. The third kappa shape index (κ3) is 3.72. The van der Waals surface area contributed by atoms with Crippen molar-refractivity contribution in [2.24, 2.45) is 11.8 Å². The Morgan fingerprint density at radius 1 is 1.22 bits per heavy atom. The number of carbonyl (C=O) groups excluding carboxylic acids is 1. The molecule has 1 aromatic heterocycles. The van der Waals surface area contributed by atoms with Crippen LogP contribution in [-0.4, -0.2) is 54.1 Å². The molecule has 0 N–H and O–H groups in total. The molecule has 0 spiro atoms. The molecule has 2 aliphatic carbocycles. The van der Waals surface area contributed by atoms with Crippen molar-refractivity contribution in [1.29, 1.82) is 0 Å². The van der Waals surface area contributed by atoms with E-state index < -0.39 is 0 Å². The summed E-state index contributed by atoms with van der Waals surface area (Å²) in [5.74, 6) is 2.44. The predicted molar refractivity (Wildman–Crippen MR) is 89.3 cm³/mol. The zero-order valence-corrected chi connectivity index (χ0v) is 14.9. The molecular formula is C17H26ClN3O2. The van der Waals surface area contributed by atoms with Crippen LogP contribution in [0.15, 0.2) is 10.6 Å². The molecule has 0 aromatic carbocycles. The highest BCUT2D eigenvalue weighted by Crippen LogP contribution is 2.46. The van der Waals surface area contributed by atoms with Crippen molar-refractivity contribution in [3.63, 3.8) is 0 Å². The average Bonchev–Trinajstić information content (AvgIpc) is 3.17. The molecule has 128 valence electrons. The van der Waals surface area contributed by atoms with E-state index in [-0.39, 0.29) is 5.91 Å². The summed E-state index contributed by atoms with van der Waals surface area (Å²) in [4.78, 5) is 16.7. The first-order valence-corrected chi connectivity index (χ1v) is 8.85. The topological polar surface area (TPSA) is 49.6 Å². The largest absolute Gasteiger partial charge is 0.360 e. The van der Waals surface area contributed by atoms with Gasteiger partial charge in [-0.15, -0.1) is 0 Å². The minimum absolute atomic E-state index is 0.187. The highest BCUT2D eigenvalue weighted by Gasteiger charge is 2.43. The van der Waals surface area contributed by atoms with Crippen LogP contribution in [0.25, 0.3) is 0 Å². The third-order valence-electron chi connectivity index (χ3n) is 5.75. The summed E-state index contributed by atoms with van der Waals surface area (Å²) in [6, 6.07) is 2.80. The van der Waals surface area contributed by atoms with Gasteiger partial charge in [-0.1, -0.05) is 16.8 Å². The van der Waals surface area contributed by atoms with Gasteiger partial charge in [0, 0.05) is 38.0 Å². The van der Waals surface area contributed by atoms with Crippen LogP contribution in [0.2, 0.25) is 5.15 Å². The van der Waals surface area contributed by atoms with E-state index in [9.17, 15) is 4.79 Å². The van der Waals surface area contributed by atoms with E-state index >= 15 is 0 Å². The number of halogens is 1. The standard InChI is InChI=1S/C17H26ClN3O2/c1-20(2)13-6-11-8-14(9-12(11)7-13)21(3)17(22)5-4-15-10-16(18)19-23-15/h10-14H,4-9H2,1-3H3/t11-,12+,13?,14?. The minimum atomic E-state index is 0.187. The van der Waals surface area contributed by atoms with Crippen molar-refractivity contribution in [1.82, 2.24) is 15.0 Å². The van der Waals surface area contributed by atoms with Gasteiger partial charge in [0.25, 0.3) is 0 Å². The first-order chi connectivity index (χ1) is 10.9. The van der Waals surface area contributed by atoms with Gasteiger partial charge in [-0.3, -0.25) is 4.79 Å². The summed E-state index contributed by atoms with van der Waals surface area (Å²) in [6.45, 7) is 0. The first-order valence-electron chi connectivity index (χ1n) is 8.47. The SMILES string of the molecule is CN(C)C1C[C@@H]2CC(N(C)C(=O)CCc3cc(Cl)no3)C[C@@H]2C1. The van der Waals surface area contributed by atoms with Gasteiger partial charge >= 0.3 is 0 Å². The Kier molecular flexibility index (Phi) is 4.97. The van der Waals surface area contributed by atoms with Gasteiger partial charge in [0.15, 0.2) is 5.15 Å². The Labute approximate surface area is 142 Å². The maximum absolute atomic E-state index is 12.4. The molecule has 2 unspecified atom stereocenters. The molecule has 0 aliphatic heterocycles. The Bertz CT molecular complexity index is 546. The molecule has 1 aromatic rings. The smallest absolute Gasteiger partial charge is 0.223 e. The molecule has 2 saturated carbocycles. The lowest BCUT2D eigenvalue weighted by Gasteiger charge is -2.27. The molecule has 1 amide bonds. The Balaban J connectivity index is 1.48. The van der Waals surface area contributed by atoms with Crippen LogP contribution in [0.4, 0.5) is 0 Å². The Morgan fingerprint density at radius 2 is 1.83 bits per heavy atom. The number of amides is 1. The molecule has 1 heterocycles. The predicted octanol–water partition coefficient (Wildman–Crippen LogP) is 2.84. The van der Waals surface area contributed by atoms with E-state index in [4.69, 9.17) is 16.1 Å². The number of fused-ring (bicyclic) bond motifs is 1. The zero-order valence-electron chi connectivity index (χ0n) is 14.2. The van der Waals surface area contributed by atoms with Crippen LogP contribution >= 0.6 is 11.6 Å². The van der Waals surface area contributed by atoms with Crippen LogP contribution in [0, 0.1) is 11.8 Å². The van der Waals surface area contributed by atoms with Gasteiger partial charge < -0.3 is 14.3 Å². The van der Waals surface area contributed by atoms with Crippen LogP contribution in [0.5, 0.6) is 0 Å². The summed E-state index contributed by atoms with van der Waals surface area (Å²) in [6.07, 6.45) is 5.90. The van der Waals surface area contributed by atoms with Crippen LogP contribution < -0.4 is 0 Å². The minimum Gasteiger partial charge on any atom is -0.360 e. The fourth-order valence-corrected chi connectivity index (χ4v) is 4.46. The van der Waals surface area contributed by atoms with Crippen molar-refractivity contribution in [2.75, 3.05) is 21.1 Å². The van der Waals surface area contributed by atoms with E-state index in [0.717, 1.165) is 30.7 Å². The van der Waals surface area contributed by atoms with Gasteiger partial charge in [0.2, 0.25) is 5.91 Å². The zero-order chi connectivity index (χ0) is 16.6. The lowest BCUT2D eigenvalue weighted by Crippen LogP contribution is -2.36. The fraction of sp³-hybridized carbons (Fsp3) is 0.765. The Hall–Kier alpha value is -1.07. The molecule has 6 heteroatoms. The number of hydrogen-bond donors (Lipinski definition) is 0. The highest BCUT2D eigenvalue weighted by atomic mass is 35.5. The van der Waals surface area contributed by atoms with Crippen LogP contribution in [0.1, 0.15) is 37.9 Å². The average molecular weight is 340 g/mol. The molecule has 0 saturated heterocycles. The molecule has 2 aliphatic rings. The third-order valence-corrected chi connectivity index (χ3v) is 5.93. The molecule has 3 rings (SSSR count). The second kappa shape index (κ2) is 6.81. The number of aromatic nitrogens is 1. The molecule has 0 radical (unpaired) electrons. The van der Waals surface area contributed by atoms with Crippen molar-refractivity contribution in [3.8, 4) is 0 Å². The van der Waals surface area contributed by atoms with Crippen LogP contribution in [-0.2, 0) is 11.2 Å². The van der Waals surface area contributed by atoms with Gasteiger partial charge in [-0.2, -0.15) is 0 Å². The number of rotatable bonds is 5. The van der Waals surface area contributed by atoms with Crippen molar-refractivity contribution in [3.05, 3.63) is 17.0 Å². The van der Waals surface area contributed by atoms with Gasteiger partial charge in [-0.05, 0) is 51.6 Å². The molecule has 0 bridgehead atoms. The summed E-state index contributed by atoms with van der Waals surface area (Å²) in [7, 11) is 6.30. The van der Waals surface area contributed by atoms with E-state index in [2.05, 4.69) is 24.2 Å².